The summed E-state index contributed by atoms with van der Waals surface area (Å²) in [5, 5.41) is 0.646. The molecule has 2 aliphatic rings. The summed E-state index contributed by atoms with van der Waals surface area (Å²) in [6, 6.07) is 2.12. The van der Waals surface area contributed by atoms with E-state index in [2.05, 4.69) is 41.4 Å². The van der Waals surface area contributed by atoms with Crippen LogP contribution in [0.4, 0.5) is 0 Å². The highest BCUT2D eigenvalue weighted by atomic mass is 32.1. The van der Waals surface area contributed by atoms with Crippen LogP contribution in [0.2, 0.25) is 0 Å². The number of nitrogens with one attached hydrogen (secondary N) is 2. The predicted octanol–water partition coefficient (Wildman–Crippen LogP) is 1.37. The van der Waals surface area contributed by atoms with E-state index in [0.717, 1.165) is 16.9 Å². The lowest BCUT2D eigenvalue weighted by Crippen LogP contribution is -2.21. The van der Waals surface area contributed by atoms with Crippen LogP contribution in [0.5, 0.6) is 0 Å². The van der Waals surface area contributed by atoms with Crippen molar-refractivity contribution in [3.8, 4) is 11.4 Å². The highest BCUT2D eigenvalue weighted by molar-refractivity contribution is 7.13. The molecular weight excluding hydrogens is 270 g/mol. The zero-order chi connectivity index (χ0) is 14.3. The van der Waals surface area contributed by atoms with E-state index in [9.17, 15) is 4.79 Å². The number of rotatable bonds is 2. The van der Waals surface area contributed by atoms with Crippen molar-refractivity contribution in [1.29, 1.82) is 0 Å². The first kappa shape index (κ1) is 12.9. The number of fused-ring (bicyclic) bond motifs is 1. The van der Waals surface area contributed by atoms with Crippen LogP contribution in [0, 0.1) is 6.92 Å². The van der Waals surface area contributed by atoms with Crippen LogP contribution in [-0.4, -0.2) is 15.0 Å². The molecular formula is C15H15N3OS. The number of hydrogen-bond donors (Lipinski definition) is 2. The van der Waals surface area contributed by atoms with Crippen molar-refractivity contribution in [2.75, 3.05) is 0 Å². The average molecular weight is 285 g/mol. The van der Waals surface area contributed by atoms with E-state index in [-0.39, 0.29) is 5.56 Å². The summed E-state index contributed by atoms with van der Waals surface area (Å²) in [5.41, 5.74) is 2.49. The molecule has 0 spiro atoms. The van der Waals surface area contributed by atoms with Crippen molar-refractivity contribution in [1.82, 2.24) is 15.0 Å². The molecule has 0 aliphatic carbocycles. The fourth-order valence-electron chi connectivity index (χ4n) is 2.30. The normalized spacial score (nSPS) is 12.4. The van der Waals surface area contributed by atoms with Gasteiger partial charge in [-0.2, -0.15) is 0 Å². The van der Waals surface area contributed by atoms with Gasteiger partial charge in [0.2, 0.25) is 0 Å². The maximum absolute atomic E-state index is 12.1. The van der Waals surface area contributed by atoms with Crippen LogP contribution in [0.25, 0.3) is 24.0 Å². The zero-order valence-electron chi connectivity index (χ0n) is 11.4. The topological polar surface area (TPSA) is 61.5 Å². The van der Waals surface area contributed by atoms with Gasteiger partial charge in [-0.25, -0.2) is 4.98 Å². The van der Waals surface area contributed by atoms with Crippen LogP contribution in [-0.2, 0) is 6.42 Å². The van der Waals surface area contributed by atoms with Crippen LogP contribution in [0.1, 0.15) is 22.2 Å². The van der Waals surface area contributed by atoms with E-state index in [0.29, 0.717) is 16.5 Å². The van der Waals surface area contributed by atoms with E-state index in [1.54, 1.807) is 17.5 Å². The van der Waals surface area contributed by atoms with E-state index in [1.807, 2.05) is 6.08 Å². The SMILES string of the molecule is C=c1nc2[nH]c(=O)c(=Cc3cc(C)c(CC)s3)c-2c[nH]1. The van der Waals surface area contributed by atoms with Crippen molar-refractivity contribution in [2.24, 2.45) is 0 Å². The molecule has 2 aliphatic heterocycles. The van der Waals surface area contributed by atoms with Gasteiger partial charge in [0, 0.05) is 21.5 Å². The molecule has 102 valence electrons. The van der Waals surface area contributed by atoms with Crippen LogP contribution < -0.4 is 16.3 Å². The first-order valence-electron chi connectivity index (χ1n) is 6.46. The molecule has 2 N–H and O–H groups in total. The molecule has 5 heteroatoms. The Bertz CT molecular complexity index is 900. The van der Waals surface area contributed by atoms with Crippen molar-refractivity contribution in [3.63, 3.8) is 0 Å². The van der Waals surface area contributed by atoms with E-state index in [1.165, 1.54) is 10.4 Å². The molecule has 3 rings (SSSR count). The molecule has 0 amide bonds. The van der Waals surface area contributed by atoms with Crippen LogP contribution >= 0.6 is 11.3 Å². The molecule has 3 heterocycles. The molecule has 1 aromatic heterocycles. The first-order chi connectivity index (χ1) is 9.58. The van der Waals surface area contributed by atoms with Gasteiger partial charge in [0.1, 0.15) is 11.3 Å². The zero-order valence-corrected chi connectivity index (χ0v) is 12.2. The summed E-state index contributed by atoms with van der Waals surface area (Å²) in [7, 11) is 0. The molecule has 1 aromatic rings. The van der Waals surface area contributed by atoms with Gasteiger partial charge >= 0.3 is 0 Å². The quantitative estimate of drug-likeness (QED) is 0.747. The van der Waals surface area contributed by atoms with E-state index >= 15 is 0 Å². The smallest absolute Gasteiger partial charge is 0.257 e. The molecule has 20 heavy (non-hydrogen) atoms. The second-order valence-corrected chi connectivity index (χ2v) is 5.90. The van der Waals surface area contributed by atoms with Gasteiger partial charge in [-0.3, -0.25) is 4.79 Å². The Hall–Kier alpha value is -2.14. The lowest BCUT2D eigenvalue weighted by molar-refractivity contribution is 1.07. The average Bonchev–Trinajstić information content (AvgIpc) is 2.90. The Balaban J connectivity index is 2.23. The molecule has 4 nitrogen and oxygen atoms in total. The standard InChI is InChI=1S/C15H15N3OS/c1-4-13-8(2)5-10(20-13)6-11-12-7-16-9(3)17-14(12)18-15(11)19/h5-7,16H,3-4H2,1-2H3,(H,17,18,19). The fourth-order valence-corrected chi connectivity index (χ4v) is 3.36. The van der Waals surface area contributed by atoms with Gasteiger partial charge < -0.3 is 9.97 Å². The molecule has 0 fully saturated rings. The first-order valence-corrected chi connectivity index (χ1v) is 7.27. The maximum atomic E-state index is 12.1. The molecule has 0 radical (unpaired) electrons. The second-order valence-electron chi connectivity index (χ2n) is 4.73. The van der Waals surface area contributed by atoms with Gasteiger partial charge in [-0.05, 0) is 31.1 Å². The second kappa shape index (κ2) is 4.76. The van der Waals surface area contributed by atoms with Crippen molar-refractivity contribution in [3.05, 3.63) is 48.6 Å². The molecule has 0 bridgehead atoms. The number of aromatic amines is 2. The lowest BCUT2D eigenvalue weighted by Gasteiger charge is -1.94. The van der Waals surface area contributed by atoms with Gasteiger partial charge in [-0.15, -0.1) is 11.3 Å². The highest BCUT2D eigenvalue weighted by Gasteiger charge is 2.11. The van der Waals surface area contributed by atoms with Crippen LogP contribution in [0.3, 0.4) is 0 Å². The number of hydrogen-bond acceptors (Lipinski definition) is 3. The minimum atomic E-state index is -0.115. The van der Waals surface area contributed by atoms with E-state index in [4.69, 9.17) is 0 Å². The molecule has 0 atom stereocenters. The minimum Gasteiger partial charge on any atom is -0.346 e. The van der Waals surface area contributed by atoms with Gasteiger partial charge in [0.05, 0.1) is 5.22 Å². The van der Waals surface area contributed by atoms with Crippen molar-refractivity contribution < 1.29 is 0 Å². The number of H-pyrrole nitrogens is 2. The number of aromatic nitrogens is 3. The molecule has 0 unspecified atom stereocenters. The Morgan fingerprint density at radius 3 is 3.00 bits per heavy atom. The Morgan fingerprint density at radius 1 is 1.50 bits per heavy atom. The van der Waals surface area contributed by atoms with Gasteiger partial charge in [0.25, 0.3) is 5.56 Å². The van der Waals surface area contributed by atoms with Gasteiger partial charge in [0.15, 0.2) is 0 Å². The summed E-state index contributed by atoms with van der Waals surface area (Å²) in [6.45, 7) is 7.97. The largest absolute Gasteiger partial charge is 0.346 e. The summed E-state index contributed by atoms with van der Waals surface area (Å²) >= 11 is 1.73. The molecule has 0 saturated heterocycles. The Labute approximate surface area is 119 Å². The third-order valence-electron chi connectivity index (χ3n) is 3.30. The summed E-state index contributed by atoms with van der Waals surface area (Å²) in [5.74, 6) is 0.578. The number of nitrogens with zero attached hydrogens (tertiary/aromatic N) is 1. The van der Waals surface area contributed by atoms with Crippen LogP contribution in [0.15, 0.2) is 17.1 Å². The summed E-state index contributed by atoms with van der Waals surface area (Å²) in [4.78, 5) is 24.4. The van der Waals surface area contributed by atoms with Gasteiger partial charge in [-0.1, -0.05) is 13.5 Å². The molecule has 0 aromatic carbocycles. The fraction of sp³-hybridized carbons (Fsp3) is 0.200. The third kappa shape index (κ3) is 2.10. The molecule has 0 saturated carbocycles. The summed E-state index contributed by atoms with van der Waals surface area (Å²) in [6.07, 6.45) is 4.72. The monoisotopic (exact) mass is 285 g/mol. The lowest BCUT2D eigenvalue weighted by atomic mass is 10.2. The summed E-state index contributed by atoms with van der Waals surface area (Å²) < 4.78 is 0. The minimum absolute atomic E-state index is 0.115. The number of aryl methyl sites for hydroxylation is 2. The highest BCUT2D eigenvalue weighted by Crippen LogP contribution is 2.23. The van der Waals surface area contributed by atoms with Crippen molar-refractivity contribution >= 4 is 24.0 Å². The number of thiophene rings is 1. The Morgan fingerprint density at radius 2 is 2.30 bits per heavy atom. The van der Waals surface area contributed by atoms with E-state index < -0.39 is 0 Å². The Kier molecular flexibility index (Phi) is 3.06. The van der Waals surface area contributed by atoms with Crippen molar-refractivity contribution in [2.45, 2.75) is 20.3 Å². The predicted molar refractivity (Wildman–Crippen MR) is 82.6 cm³/mol. The maximum Gasteiger partial charge on any atom is 0.257 e. The third-order valence-corrected chi connectivity index (χ3v) is 4.63.